The Bertz CT molecular complexity index is 488. The topological polar surface area (TPSA) is 51.2 Å². The van der Waals surface area contributed by atoms with Crippen LogP contribution in [0.1, 0.15) is 47.5 Å². The molecule has 0 bridgehead atoms. The van der Waals surface area contributed by atoms with E-state index < -0.39 is 0 Å². The zero-order chi connectivity index (χ0) is 18.6. The third-order valence-electron chi connectivity index (χ3n) is 5.31. The highest BCUT2D eigenvalue weighted by Gasteiger charge is 2.40. The van der Waals surface area contributed by atoms with Gasteiger partial charge in [-0.3, -0.25) is 9.79 Å². The van der Waals surface area contributed by atoms with Crippen molar-refractivity contribution in [3.05, 3.63) is 0 Å². The first kappa shape index (κ1) is 20.0. The maximum Gasteiger partial charge on any atom is 0.242 e. The van der Waals surface area contributed by atoms with Crippen molar-refractivity contribution in [1.29, 1.82) is 0 Å². The van der Waals surface area contributed by atoms with Crippen LogP contribution in [0.3, 0.4) is 0 Å². The Morgan fingerprint density at radius 2 is 2.12 bits per heavy atom. The van der Waals surface area contributed by atoms with E-state index >= 15 is 0 Å². The van der Waals surface area contributed by atoms with Crippen LogP contribution in [0.15, 0.2) is 4.99 Å². The molecule has 1 amide bonds. The fourth-order valence-electron chi connectivity index (χ4n) is 4.48. The minimum atomic E-state index is -0.188. The van der Waals surface area contributed by atoms with E-state index in [1.54, 1.807) is 0 Å². The number of hydrogen-bond donors (Lipinski definition) is 1. The summed E-state index contributed by atoms with van der Waals surface area (Å²) >= 11 is 0. The molecule has 2 heterocycles. The van der Waals surface area contributed by atoms with Crippen LogP contribution in [-0.2, 0) is 4.79 Å². The SMILES string of the molecule is CCCN1CCC(CNC(=NC)N2CC(=O)N(C(C)C)C(C)(C)C2)C1. The summed E-state index contributed by atoms with van der Waals surface area (Å²) < 4.78 is 0. The van der Waals surface area contributed by atoms with Crippen LogP contribution in [0.5, 0.6) is 0 Å². The molecule has 0 spiro atoms. The average Bonchev–Trinajstić information content (AvgIpc) is 2.94. The Balaban J connectivity index is 1.92. The normalized spacial score (nSPS) is 25.2. The van der Waals surface area contributed by atoms with Gasteiger partial charge in [0.2, 0.25) is 5.91 Å². The molecule has 25 heavy (non-hydrogen) atoms. The molecule has 0 aromatic heterocycles. The maximum absolute atomic E-state index is 12.7. The molecule has 2 aliphatic heterocycles. The van der Waals surface area contributed by atoms with Crippen molar-refractivity contribution in [3.8, 4) is 0 Å². The van der Waals surface area contributed by atoms with Crippen LogP contribution >= 0.6 is 0 Å². The van der Waals surface area contributed by atoms with Crippen LogP contribution < -0.4 is 5.32 Å². The van der Waals surface area contributed by atoms with E-state index in [2.05, 4.69) is 54.7 Å². The number of carbonyl (C=O) groups excluding carboxylic acids is 1. The zero-order valence-corrected chi connectivity index (χ0v) is 17.0. The van der Waals surface area contributed by atoms with E-state index in [0.717, 1.165) is 19.0 Å². The molecule has 0 aromatic rings. The van der Waals surface area contributed by atoms with E-state index in [-0.39, 0.29) is 17.5 Å². The molecule has 1 unspecified atom stereocenters. The quantitative estimate of drug-likeness (QED) is 0.604. The predicted octanol–water partition coefficient (Wildman–Crippen LogP) is 1.62. The molecule has 2 rings (SSSR count). The molecule has 0 aliphatic carbocycles. The van der Waals surface area contributed by atoms with Gasteiger partial charge >= 0.3 is 0 Å². The van der Waals surface area contributed by atoms with E-state index in [1.165, 1.54) is 32.5 Å². The number of likely N-dealkylation sites (tertiary alicyclic amines) is 1. The summed E-state index contributed by atoms with van der Waals surface area (Å²) in [6.07, 6.45) is 2.47. The first-order chi connectivity index (χ1) is 11.8. The van der Waals surface area contributed by atoms with Gasteiger partial charge < -0.3 is 20.0 Å². The third kappa shape index (κ3) is 4.87. The summed E-state index contributed by atoms with van der Waals surface area (Å²) in [6.45, 7) is 16.4. The Labute approximate surface area is 153 Å². The number of carbonyl (C=O) groups is 1. The van der Waals surface area contributed by atoms with Gasteiger partial charge in [0.1, 0.15) is 0 Å². The third-order valence-corrected chi connectivity index (χ3v) is 5.31. The lowest BCUT2D eigenvalue weighted by Crippen LogP contribution is -2.66. The van der Waals surface area contributed by atoms with Gasteiger partial charge in [-0.15, -0.1) is 0 Å². The first-order valence-corrected chi connectivity index (χ1v) is 9.78. The molecule has 2 saturated heterocycles. The van der Waals surface area contributed by atoms with Crippen LogP contribution in [-0.4, -0.2) is 84.5 Å². The summed E-state index contributed by atoms with van der Waals surface area (Å²) in [5.41, 5.74) is -0.188. The van der Waals surface area contributed by atoms with Crippen molar-refractivity contribution < 1.29 is 4.79 Å². The molecule has 6 heteroatoms. The monoisotopic (exact) mass is 351 g/mol. The second-order valence-corrected chi connectivity index (χ2v) is 8.41. The van der Waals surface area contributed by atoms with Gasteiger partial charge in [0, 0.05) is 32.7 Å². The summed E-state index contributed by atoms with van der Waals surface area (Å²) in [6, 6.07) is 0.225. The highest BCUT2D eigenvalue weighted by Crippen LogP contribution is 2.24. The number of nitrogens with one attached hydrogen (secondary N) is 1. The minimum absolute atomic E-state index is 0.184. The standard InChI is InChI=1S/C19H37N5O/c1-7-9-22-10-8-16(12-22)11-21-18(20-6)23-13-17(25)24(15(2)3)19(4,5)14-23/h15-16H,7-14H2,1-6H3,(H,20,21). The van der Waals surface area contributed by atoms with E-state index in [1.807, 2.05) is 11.9 Å². The highest BCUT2D eigenvalue weighted by molar-refractivity contribution is 5.88. The van der Waals surface area contributed by atoms with Crippen molar-refractivity contribution in [2.24, 2.45) is 10.9 Å². The van der Waals surface area contributed by atoms with Gasteiger partial charge in [-0.2, -0.15) is 0 Å². The van der Waals surface area contributed by atoms with Crippen molar-refractivity contribution in [2.45, 2.75) is 59.0 Å². The van der Waals surface area contributed by atoms with Gasteiger partial charge in [-0.05, 0) is 59.5 Å². The molecule has 1 atom stereocenters. The number of rotatable bonds is 5. The fourth-order valence-corrected chi connectivity index (χ4v) is 4.48. The van der Waals surface area contributed by atoms with Crippen molar-refractivity contribution in [3.63, 3.8) is 0 Å². The lowest BCUT2D eigenvalue weighted by Gasteiger charge is -2.49. The predicted molar refractivity (Wildman–Crippen MR) is 104 cm³/mol. The number of piperazine rings is 1. The van der Waals surface area contributed by atoms with Gasteiger partial charge in [0.25, 0.3) is 0 Å². The van der Waals surface area contributed by atoms with Crippen LogP contribution in [0.4, 0.5) is 0 Å². The Kier molecular flexibility index (Phi) is 6.72. The molecular weight excluding hydrogens is 314 g/mol. The number of hydrogen-bond acceptors (Lipinski definition) is 3. The number of aliphatic imine (C=N–C) groups is 1. The Morgan fingerprint density at radius 1 is 1.40 bits per heavy atom. The minimum Gasteiger partial charge on any atom is -0.356 e. The zero-order valence-electron chi connectivity index (χ0n) is 17.0. The molecule has 0 aromatic carbocycles. The number of amides is 1. The molecule has 1 N–H and O–H groups in total. The highest BCUT2D eigenvalue weighted by atomic mass is 16.2. The van der Waals surface area contributed by atoms with E-state index in [0.29, 0.717) is 12.5 Å². The van der Waals surface area contributed by atoms with Crippen molar-refractivity contribution in [2.75, 3.05) is 46.3 Å². The van der Waals surface area contributed by atoms with Crippen LogP contribution in [0.2, 0.25) is 0 Å². The summed E-state index contributed by atoms with van der Waals surface area (Å²) in [4.78, 5) is 23.8. The number of guanidine groups is 1. The molecule has 2 aliphatic rings. The number of nitrogens with zero attached hydrogens (tertiary/aromatic N) is 4. The second kappa shape index (κ2) is 8.39. The average molecular weight is 352 g/mol. The largest absolute Gasteiger partial charge is 0.356 e. The smallest absolute Gasteiger partial charge is 0.242 e. The molecule has 0 radical (unpaired) electrons. The van der Waals surface area contributed by atoms with E-state index in [4.69, 9.17) is 0 Å². The van der Waals surface area contributed by atoms with Crippen molar-refractivity contribution in [1.82, 2.24) is 20.0 Å². The lowest BCUT2D eigenvalue weighted by molar-refractivity contribution is -0.145. The van der Waals surface area contributed by atoms with Crippen molar-refractivity contribution >= 4 is 11.9 Å². The lowest BCUT2D eigenvalue weighted by atomic mass is 9.96. The van der Waals surface area contributed by atoms with E-state index in [9.17, 15) is 4.79 Å². The van der Waals surface area contributed by atoms with Gasteiger partial charge in [0.15, 0.2) is 5.96 Å². The summed E-state index contributed by atoms with van der Waals surface area (Å²) in [7, 11) is 1.81. The molecule has 0 saturated carbocycles. The second-order valence-electron chi connectivity index (χ2n) is 8.41. The van der Waals surface area contributed by atoms with Gasteiger partial charge in [-0.1, -0.05) is 6.92 Å². The van der Waals surface area contributed by atoms with Gasteiger partial charge in [0.05, 0.1) is 12.1 Å². The maximum atomic E-state index is 12.7. The fraction of sp³-hybridized carbons (Fsp3) is 0.895. The summed E-state index contributed by atoms with van der Waals surface area (Å²) in [5.74, 6) is 1.71. The Morgan fingerprint density at radius 3 is 2.68 bits per heavy atom. The molecule has 144 valence electrons. The summed E-state index contributed by atoms with van der Waals surface area (Å²) in [5, 5.41) is 3.52. The van der Waals surface area contributed by atoms with Crippen LogP contribution in [0.25, 0.3) is 0 Å². The van der Waals surface area contributed by atoms with Crippen LogP contribution in [0, 0.1) is 5.92 Å². The molecule has 6 nitrogen and oxygen atoms in total. The first-order valence-electron chi connectivity index (χ1n) is 9.78. The Hall–Kier alpha value is -1.30. The molecule has 2 fully saturated rings. The van der Waals surface area contributed by atoms with Gasteiger partial charge in [-0.25, -0.2) is 0 Å². The molecular formula is C19H37N5O.